The molecule has 0 aliphatic rings. The lowest BCUT2D eigenvalue weighted by molar-refractivity contribution is 0.591. The van der Waals surface area contributed by atoms with Crippen LogP contribution in [0.15, 0.2) is 57.7 Å². The van der Waals surface area contributed by atoms with Crippen LogP contribution in [0.1, 0.15) is 42.2 Å². The molecule has 0 bridgehead atoms. The molecule has 3 rings (SSSR count). The molecule has 0 aliphatic heterocycles. The molecular weight excluding hydrogens is 298 g/mol. The lowest BCUT2D eigenvalue weighted by Crippen LogP contribution is -2.01. The third kappa shape index (κ3) is 3.28. The average molecular weight is 315 g/mol. The van der Waals surface area contributed by atoms with E-state index in [-0.39, 0.29) is 5.43 Å². The second-order valence-electron chi connectivity index (χ2n) is 5.99. The highest BCUT2D eigenvalue weighted by Crippen LogP contribution is 2.20. The van der Waals surface area contributed by atoms with Gasteiger partial charge >= 0.3 is 0 Å². The van der Waals surface area contributed by atoms with Crippen molar-refractivity contribution in [2.75, 3.05) is 0 Å². The highest BCUT2D eigenvalue weighted by atomic mass is 16.3. The standard InChI is InChI=1S/C21H17NO2/c1-14(2)17-8-10-21-19(11-17)20(23)12-18(24-21)9-7-15-3-5-16(13-22)6-4-15/h3-12,14H,1-2H3/b9-7+. The number of hydrogen-bond donors (Lipinski definition) is 0. The summed E-state index contributed by atoms with van der Waals surface area (Å²) in [7, 11) is 0. The summed E-state index contributed by atoms with van der Waals surface area (Å²) in [6.07, 6.45) is 3.62. The van der Waals surface area contributed by atoms with Crippen molar-refractivity contribution in [1.82, 2.24) is 0 Å². The van der Waals surface area contributed by atoms with Gasteiger partial charge in [0, 0.05) is 6.07 Å². The second-order valence-corrected chi connectivity index (χ2v) is 5.99. The number of nitrogens with zero attached hydrogens (tertiary/aromatic N) is 1. The summed E-state index contributed by atoms with van der Waals surface area (Å²) in [6.45, 7) is 4.19. The van der Waals surface area contributed by atoms with Crippen molar-refractivity contribution in [1.29, 1.82) is 5.26 Å². The summed E-state index contributed by atoms with van der Waals surface area (Å²) in [5.41, 5.74) is 3.22. The van der Waals surface area contributed by atoms with Crippen LogP contribution in [0.3, 0.4) is 0 Å². The number of hydrogen-bond acceptors (Lipinski definition) is 3. The maximum atomic E-state index is 12.3. The molecule has 0 fully saturated rings. The molecule has 0 saturated heterocycles. The summed E-state index contributed by atoms with van der Waals surface area (Å²) in [4.78, 5) is 12.3. The quantitative estimate of drug-likeness (QED) is 0.686. The first-order chi connectivity index (χ1) is 11.6. The fourth-order valence-corrected chi connectivity index (χ4v) is 2.48. The first-order valence-electron chi connectivity index (χ1n) is 7.83. The van der Waals surface area contributed by atoms with Crippen molar-refractivity contribution >= 4 is 23.1 Å². The average Bonchev–Trinajstić information content (AvgIpc) is 2.60. The Morgan fingerprint density at radius 3 is 2.46 bits per heavy atom. The van der Waals surface area contributed by atoms with E-state index in [1.54, 1.807) is 18.2 Å². The van der Waals surface area contributed by atoms with Crippen LogP contribution < -0.4 is 5.43 Å². The third-order valence-corrected chi connectivity index (χ3v) is 3.92. The minimum atomic E-state index is -0.0433. The molecule has 1 heterocycles. The Morgan fingerprint density at radius 2 is 1.79 bits per heavy atom. The number of rotatable bonds is 3. The van der Waals surface area contributed by atoms with E-state index in [4.69, 9.17) is 9.68 Å². The van der Waals surface area contributed by atoms with Gasteiger partial charge < -0.3 is 4.42 Å². The molecule has 3 nitrogen and oxygen atoms in total. The first-order valence-corrected chi connectivity index (χ1v) is 7.83. The van der Waals surface area contributed by atoms with Crippen LogP contribution in [-0.4, -0.2) is 0 Å². The van der Waals surface area contributed by atoms with Crippen molar-refractivity contribution in [3.63, 3.8) is 0 Å². The molecule has 118 valence electrons. The summed E-state index contributed by atoms with van der Waals surface area (Å²) in [5, 5.41) is 9.41. The Bertz CT molecular complexity index is 1000. The molecular formula is C21H17NO2. The van der Waals surface area contributed by atoms with Crippen molar-refractivity contribution < 1.29 is 4.42 Å². The zero-order valence-electron chi connectivity index (χ0n) is 13.6. The van der Waals surface area contributed by atoms with Crippen molar-refractivity contribution in [2.24, 2.45) is 0 Å². The van der Waals surface area contributed by atoms with Gasteiger partial charge in [0.2, 0.25) is 0 Å². The smallest absolute Gasteiger partial charge is 0.193 e. The number of nitriles is 1. The highest BCUT2D eigenvalue weighted by Gasteiger charge is 2.06. The first kappa shape index (κ1) is 15.8. The normalized spacial score (nSPS) is 11.2. The fourth-order valence-electron chi connectivity index (χ4n) is 2.48. The molecule has 2 aromatic carbocycles. The van der Waals surface area contributed by atoms with Gasteiger partial charge in [0.1, 0.15) is 11.3 Å². The van der Waals surface area contributed by atoms with E-state index in [9.17, 15) is 4.79 Å². The van der Waals surface area contributed by atoms with Crippen LogP contribution in [0.5, 0.6) is 0 Å². The van der Waals surface area contributed by atoms with E-state index in [1.165, 1.54) is 6.07 Å². The Morgan fingerprint density at radius 1 is 1.04 bits per heavy atom. The van der Waals surface area contributed by atoms with Gasteiger partial charge in [0.05, 0.1) is 17.0 Å². The molecule has 0 radical (unpaired) electrons. The molecule has 24 heavy (non-hydrogen) atoms. The Kier molecular flexibility index (Phi) is 4.31. The predicted molar refractivity (Wildman–Crippen MR) is 96.7 cm³/mol. The predicted octanol–water partition coefficient (Wildman–Crippen LogP) is 4.96. The molecule has 3 heteroatoms. The van der Waals surface area contributed by atoms with E-state index in [0.29, 0.717) is 28.2 Å². The van der Waals surface area contributed by atoms with Gasteiger partial charge in [-0.2, -0.15) is 5.26 Å². The summed E-state index contributed by atoms with van der Waals surface area (Å²) < 4.78 is 5.80. The van der Waals surface area contributed by atoms with Gasteiger partial charge in [-0.25, -0.2) is 0 Å². The largest absolute Gasteiger partial charge is 0.456 e. The zero-order chi connectivity index (χ0) is 17.1. The van der Waals surface area contributed by atoms with E-state index in [1.807, 2.05) is 36.4 Å². The second kappa shape index (κ2) is 6.55. The lowest BCUT2D eigenvalue weighted by atomic mass is 10.0. The number of benzene rings is 2. The topological polar surface area (TPSA) is 54.0 Å². The van der Waals surface area contributed by atoms with E-state index < -0.39 is 0 Å². The molecule has 0 N–H and O–H groups in total. The van der Waals surface area contributed by atoms with E-state index in [2.05, 4.69) is 19.9 Å². The van der Waals surface area contributed by atoms with Gasteiger partial charge in [-0.05, 0) is 47.4 Å². The lowest BCUT2D eigenvalue weighted by Gasteiger charge is -2.06. The van der Waals surface area contributed by atoms with Crippen molar-refractivity contribution in [3.8, 4) is 6.07 Å². The van der Waals surface area contributed by atoms with Crippen LogP contribution >= 0.6 is 0 Å². The van der Waals surface area contributed by atoms with Gasteiger partial charge in [-0.3, -0.25) is 4.79 Å². The molecule has 0 amide bonds. The van der Waals surface area contributed by atoms with Crippen LogP contribution in [0.4, 0.5) is 0 Å². The van der Waals surface area contributed by atoms with Crippen molar-refractivity contribution in [3.05, 3.63) is 81.2 Å². The minimum Gasteiger partial charge on any atom is -0.456 e. The molecule has 0 aliphatic carbocycles. The molecule has 0 saturated carbocycles. The minimum absolute atomic E-state index is 0.0433. The van der Waals surface area contributed by atoms with Crippen molar-refractivity contribution in [2.45, 2.75) is 19.8 Å². The van der Waals surface area contributed by atoms with Crippen LogP contribution in [0.25, 0.3) is 23.1 Å². The molecule has 0 unspecified atom stereocenters. The van der Waals surface area contributed by atoms with Crippen LogP contribution in [0.2, 0.25) is 0 Å². The Labute approximate surface area is 140 Å². The summed E-state index contributed by atoms with van der Waals surface area (Å²) >= 11 is 0. The zero-order valence-corrected chi connectivity index (χ0v) is 13.6. The molecule has 1 aromatic heterocycles. The maximum Gasteiger partial charge on any atom is 0.193 e. The van der Waals surface area contributed by atoms with E-state index in [0.717, 1.165) is 11.1 Å². The SMILES string of the molecule is CC(C)c1ccc2oc(/C=C/c3ccc(C#N)cc3)cc(=O)c2c1. The maximum absolute atomic E-state index is 12.3. The van der Waals surface area contributed by atoms with Crippen LogP contribution in [0, 0.1) is 11.3 Å². The van der Waals surface area contributed by atoms with Gasteiger partial charge in [-0.1, -0.05) is 38.1 Å². The van der Waals surface area contributed by atoms with Gasteiger partial charge in [0.15, 0.2) is 5.43 Å². The summed E-state index contributed by atoms with van der Waals surface area (Å²) in [6, 6.07) is 16.5. The number of fused-ring (bicyclic) bond motifs is 1. The molecule has 3 aromatic rings. The fraction of sp³-hybridized carbons (Fsp3) is 0.143. The summed E-state index contributed by atoms with van der Waals surface area (Å²) in [5.74, 6) is 0.874. The highest BCUT2D eigenvalue weighted by molar-refractivity contribution is 5.79. The third-order valence-electron chi connectivity index (χ3n) is 3.92. The Hall–Kier alpha value is -3.12. The Balaban J connectivity index is 1.95. The molecule has 0 atom stereocenters. The van der Waals surface area contributed by atoms with E-state index >= 15 is 0 Å². The van der Waals surface area contributed by atoms with Gasteiger partial charge in [-0.15, -0.1) is 0 Å². The monoisotopic (exact) mass is 315 g/mol. The van der Waals surface area contributed by atoms with Crippen LogP contribution in [-0.2, 0) is 0 Å². The molecule has 0 spiro atoms. The van der Waals surface area contributed by atoms with Gasteiger partial charge in [0.25, 0.3) is 0 Å².